The van der Waals surface area contributed by atoms with Gasteiger partial charge in [0.05, 0.1) is 22.8 Å². The third-order valence-corrected chi connectivity index (χ3v) is 6.39. The molecule has 0 fully saturated rings. The number of carbonyl (C=O) groups excluding carboxylic acids is 1. The number of benzene rings is 3. The molecule has 2 aromatic heterocycles. The molecule has 0 saturated heterocycles. The summed E-state index contributed by atoms with van der Waals surface area (Å²) in [5.41, 5.74) is 5.47. The molecule has 0 aliphatic heterocycles. The third kappa shape index (κ3) is 4.65. The van der Waals surface area contributed by atoms with E-state index in [0.717, 1.165) is 32.3 Å². The number of anilines is 1. The van der Waals surface area contributed by atoms with Gasteiger partial charge in [-0.1, -0.05) is 72.3 Å². The van der Waals surface area contributed by atoms with Crippen molar-refractivity contribution in [2.75, 3.05) is 5.32 Å². The van der Waals surface area contributed by atoms with Gasteiger partial charge in [-0.25, -0.2) is 9.97 Å². The van der Waals surface area contributed by atoms with Gasteiger partial charge in [0.2, 0.25) is 5.91 Å². The average Bonchev–Trinajstić information content (AvgIpc) is 3.47. The average molecular weight is 466 g/mol. The molecule has 34 heavy (non-hydrogen) atoms. The number of para-hydroxylation sites is 1. The lowest BCUT2D eigenvalue weighted by molar-refractivity contribution is -0.115. The smallest absolute Gasteiger partial charge is 0.229 e. The molecule has 0 unspecified atom stereocenters. The molecule has 0 aliphatic rings. The van der Waals surface area contributed by atoms with Crippen molar-refractivity contribution < 1.29 is 4.79 Å². The van der Waals surface area contributed by atoms with E-state index in [1.54, 1.807) is 11.3 Å². The number of rotatable bonds is 6. The van der Waals surface area contributed by atoms with Crippen LogP contribution in [0.2, 0.25) is 0 Å². The van der Waals surface area contributed by atoms with Crippen LogP contribution in [0.5, 0.6) is 0 Å². The number of carbonyl (C=O) groups is 1. The van der Waals surface area contributed by atoms with Crippen molar-refractivity contribution in [3.63, 3.8) is 0 Å². The number of aromatic amines is 1. The lowest BCUT2D eigenvalue weighted by Crippen LogP contribution is -2.15. The Kier molecular flexibility index (Phi) is 6.01. The van der Waals surface area contributed by atoms with Crippen LogP contribution in [0.4, 0.5) is 5.69 Å². The van der Waals surface area contributed by atoms with Crippen LogP contribution in [0.25, 0.3) is 34.0 Å². The minimum atomic E-state index is -0.104. The maximum absolute atomic E-state index is 13.1. The number of hydrogen-bond donors (Lipinski definition) is 2. The first-order chi connectivity index (χ1) is 16.6. The predicted molar refractivity (Wildman–Crippen MR) is 137 cm³/mol. The van der Waals surface area contributed by atoms with Crippen molar-refractivity contribution in [1.82, 2.24) is 20.2 Å². The summed E-state index contributed by atoms with van der Waals surface area (Å²) in [4.78, 5) is 23.3. The van der Waals surface area contributed by atoms with E-state index in [0.29, 0.717) is 17.3 Å². The first-order valence-corrected chi connectivity index (χ1v) is 11.8. The summed E-state index contributed by atoms with van der Waals surface area (Å²) in [5, 5.41) is 11.3. The second-order valence-electron chi connectivity index (χ2n) is 8.01. The van der Waals surface area contributed by atoms with E-state index in [4.69, 9.17) is 0 Å². The highest BCUT2D eigenvalue weighted by Crippen LogP contribution is 2.30. The summed E-state index contributed by atoms with van der Waals surface area (Å²) in [6.45, 7) is 4.02. The van der Waals surface area contributed by atoms with Gasteiger partial charge in [-0.2, -0.15) is 5.10 Å². The van der Waals surface area contributed by atoms with Crippen LogP contribution in [0, 0.1) is 13.8 Å². The molecule has 7 heteroatoms. The largest absolute Gasteiger partial charge is 0.325 e. The van der Waals surface area contributed by atoms with Crippen molar-refractivity contribution in [1.29, 1.82) is 0 Å². The predicted octanol–water partition coefficient (Wildman–Crippen LogP) is 6.06. The molecule has 0 atom stereocenters. The Balaban J connectivity index is 1.37. The van der Waals surface area contributed by atoms with Crippen LogP contribution in [-0.4, -0.2) is 26.1 Å². The van der Waals surface area contributed by atoms with Gasteiger partial charge in [-0.3, -0.25) is 9.89 Å². The number of thiazole rings is 1. The normalized spacial score (nSPS) is 10.9. The Hall–Kier alpha value is -4.10. The number of aromatic nitrogens is 4. The van der Waals surface area contributed by atoms with Crippen LogP contribution in [0.15, 0.2) is 78.9 Å². The first-order valence-electron chi connectivity index (χ1n) is 11.0. The van der Waals surface area contributed by atoms with Crippen LogP contribution < -0.4 is 5.32 Å². The lowest BCUT2D eigenvalue weighted by Gasteiger charge is -2.09. The number of H-pyrrole nitrogens is 1. The van der Waals surface area contributed by atoms with Crippen molar-refractivity contribution >= 4 is 22.9 Å². The third-order valence-electron chi connectivity index (χ3n) is 5.42. The van der Waals surface area contributed by atoms with Crippen LogP contribution in [0.3, 0.4) is 0 Å². The molecule has 3 aromatic carbocycles. The fourth-order valence-corrected chi connectivity index (χ4v) is 4.72. The Morgan fingerprint density at radius 3 is 2.41 bits per heavy atom. The Labute approximate surface area is 201 Å². The standard InChI is InChI=1S/C27H23N5OS/c1-17-12-14-19(15-13-17)25-23(34-18(2)28-25)16-24(33)29-22-11-7-6-10-21(22)27-30-26(31-32-27)20-8-4-3-5-9-20/h3-15H,16H2,1-2H3,(H,29,33)(H,30,31,32). The van der Waals surface area contributed by atoms with Crippen LogP contribution in [-0.2, 0) is 11.2 Å². The summed E-state index contributed by atoms with van der Waals surface area (Å²) < 4.78 is 0. The SMILES string of the molecule is Cc1ccc(-c2nc(C)sc2CC(=O)Nc2ccccc2-c2nc(-c3ccccc3)n[nH]2)cc1. The zero-order chi connectivity index (χ0) is 23.5. The molecule has 0 radical (unpaired) electrons. The molecule has 2 heterocycles. The fraction of sp³-hybridized carbons (Fsp3) is 0.111. The van der Waals surface area contributed by atoms with Crippen molar-refractivity contribution in [2.24, 2.45) is 0 Å². The molecule has 5 rings (SSSR count). The Morgan fingerprint density at radius 2 is 1.62 bits per heavy atom. The van der Waals surface area contributed by atoms with E-state index in [9.17, 15) is 4.79 Å². The molecule has 2 N–H and O–H groups in total. The summed E-state index contributed by atoms with van der Waals surface area (Å²) in [6, 6.07) is 25.6. The van der Waals surface area contributed by atoms with E-state index in [-0.39, 0.29) is 12.3 Å². The van der Waals surface area contributed by atoms with Crippen molar-refractivity contribution in [3.8, 4) is 34.0 Å². The van der Waals surface area contributed by atoms with Gasteiger partial charge in [0.1, 0.15) is 0 Å². The van der Waals surface area contributed by atoms with Gasteiger partial charge in [-0.05, 0) is 26.0 Å². The van der Waals surface area contributed by atoms with Gasteiger partial charge in [-0.15, -0.1) is 11.3 Å². The number of aryl methyl sites for hydroxylation is 2. The monoisotopic (exact) mass is 465 g/mol. The fourth-order valence-electron chi connectivity index (χ4n) is 3.76. The van der Waals surface area contributed by atoms with E-state index in [2.05, 4.69) is 56.7 Å². The summed E-state index contributed by atoms with van der Waals surface area (Å²) in [7, 11) is 0. The van der Waals surface area contributed by atoms with Gasteiger partial charge in [0.15, 0.2) is 11.6 Å². The summed E-state index contributed by atoms with van der Waals surface area (Å²) >= 11 is 1.55. The lowest BCUT2D eigenvalue weighted by atomic mass is 10.1. The summed E-state index contributed by atoms with van der Waals surface area (Å²) in [5.74, 6) is 1.11. The highest BCUT2D eigenvalue weighted by Gasteiger charge is 2.17. The van der Waals surface area contributed by atoms with Gasteiger partial charge in [0.25, 0.3) is 0 Å². The number of hydrogen-bond acceptors (Lipinski definition) is 5. The quantitative estimate of drug-likeness (QED) is 0.319. The van der Waals surface area contributed by atoms with Crippen molar-refractivity contribution in [2.45, 2.75) is 20.3 Å². The Bertz CT molecular complexity index is 1440. The number of nitrogens with one attached hydrogen (secondary N) is 2. The molecular weight excluding hydrogens is 442 g/mol. The first kappa shape index (κ1) is 21.7. The molecule has 6 nitrogen and oxygen atoms in total. The highest BCUT2D eigenvalue weighted by atomic mass is 32.1. The maximum Gasteiger partial charge on any atom is 0.229 e. The molecule has 1 amide bonds. The van der Waals surface area contributed by atoms with Gasteiger partial charge < -0.3 is 5.32 Å². The molecule has 168 valence electrons. The second kappa shape index (κ2) is 9.41. The van der Waals surface area contributed by atoms with Gasteiger partial charge in [0, 0.05) is 21.6 Å². The van der Waals surface area contributed by atoms with E-state index < -0.39 is 0 Å². The highest BCUT2D eigenvalue weighted by molar-refractivity contribution is 7.12. The van der Waals surface area contributed by atoms with E-state index in [1.807, 2.05) is 61.5 Å². The molecule has 0 bridgehead atoms. The van der Waals surface area contributed by atoms with Crippen LogP contribution >= 0.6 is 11.3 Å². The molecule has 0 aliphatic carbocycles. The minimum Gasteiger partial charge on any atom is -0.325 e. The zero-order valence-electron chi connectivity index (χ0n) is 18.9. The van der Waals surface area contributed by atoms with Crippen molar-refractivity contribution in [3.05, 3.63) is 94.3 Å². The van der Waals surface area contributed by atoms with E-state index in [1.165, 1.54) is 5.56 Å². The number of nitrogens with zero attached hydrogens (tertiary/aromatic N) is 3. The minimum absolute atomic E-state index is 0.104. The van der Waals surface area contributed by atoms with Gasteiger partial charge >= 0.3 is 0 Å². The zero-order valence-corrected chi connectivity index (χ0v) is 19.7. The molecule has 0 saturated carbocycles. The Morgan fingerprint density at radius 1 is 0.882 bits per heavy atom. The topological polar surface area (TPSA) is 83.6 Å². The second-order valence-corrected chi connectivity index (χ2v) is 9.30. The van der Waals surface area contributed by atoms with Crippen LogP contribution in [0.1, 0.15) is 15.4 Å². The molecule has 0 spiro atoms. The number of amides is 1. The maximum atomic E-state index is 13.1. The van der Waals surface area contributed by atoms with E-state index >= 15 is 0 Å². The molecule has 5 aromatic rings. The molecular formula is C27H23N5OS. The summed E-state index contributed by atoms with van der Waals surface area (Å²) in [6.07, 6.45) is 0.245.